The second kappa shape index (κ2) is 4.67. The van der Waals surface area contributed by atoms with Gasteiger partial charge in [-0.2, -0.15) is 0 Å². The summed E-state index contributed by atoms with van der Waals surface area (Å²) in [6.07, 6.45) is 0. The number of carbonyl (C=O) groups is 1. The van der Waals surface area contributed by atoms with Crippen LogP contribution in [0.15, 0.2) is 0 Å². The first kappa shape index (κ1) is 13.3. The molecule has 0 saturated heterocycles. The number of hydrogen-bond donors (Lipinski definition) is 0. The van der Waals surface area contributed by atoms with Crippen LogP contribution in [0, 0.1) is 0 Å². The van der Waals surface area contributed by atoms with Crippen molar-refractivity contribution in [3.63, 3.8) is 0 Å². The van der Waals surface area contributed by atoms with Crippen molar-refractivity contribution in [2.24, 2.45) is 0 Å². The molecule has 0 aliphatic carbocycles. The number of amides is 1. The van der Waals surface area contributed by atoms with Crippen molar-refractivity contribution in [2.75, 3.05) is 0 Å². The predicted octanol–water partition coefficient (Wildman–Crippen LogP) is 3.15. The summed E-state index contributed by atoms with van der Waals surface area (Å²) in [6.45, 7) is 8.37. The second-order valence-corrected chi connectivity index (χ2v) is 19.2. The third kappa shape index (κ3) is 3.88. The Morgan fingerprint density at radius 1 is 1.00 bits per heavy atom. The SMILES string of the molecule is CC(C)N([C](=O)[Sn]([CH3])([CH3])[CH3])C(C)C. The van der Waals surface area contributed by atoms with Crippen LogP contribution in [0.4, 0.5) is 4.79 Å². The molecule has 0 N–H and O–H groups in total. The van der Waals surface area contributed by atoms with Crippen LogP contribution in [-0.4, -0.2) is 39.3 Å². The van der Waals surface area contributed by atoms with E-state index in [1.165, 1.54) is 0 Å². The molecule has 0 rings (SSSR count). The summed E-state index contributed by atoms with van der Waals surface area (Å²) in [5.74, 6) is 0. The van der Waals surface area contributed by atoms with Gasteiger partial charge in [-0.05, 0) is 0 Å². The Morgan fingerprint density at radius 3 is 1.38 bits per heavy atom. The zero-order valence-electron chi connectivity index (χ0n) is 10.0. The van der Waals surface area contributed by atoms with Gasteiger partial charge in [-0.15, -0.1) is 0 Å². The van der Waals surface area contributed by atoms with E-state index in [9.17, 15) is 4.79 Å². The van der Waals surface area contributed by atoms with E-state index in [4.69, 9.17) is 0 Å². The van der Waals surface area contributed by atoms with Crippen LogP contribution in [0.2, 0.25) is 14.8 Å². The van der Waals surface area contributed by atoms with Crippen LogP contribution in [0.3, 0.4) is 0 Å². The standard InChI is InChI=1S/C7H14NO.3CH3.Sn/c1-6(2)8(5-9)7(3)4;;;;/h6-7H,1-4H3;3*1H3;. The van der Waals surface area contributed by atoms with E-state index in [1.807, 2.05) is 4.90 Å². The van der Waals surface area contributed by atoms with E-state index < -0.39 is 18.4 Å². The van der Waals surface area contributed by atoms with Gasteiger partial charge in [-0.1, -0.05) is 0 Å². The minimum atomic E-state index is -2.38. The molecule has 0 atom stereocenters. The van der Waals surface area contributed by atoms with E-state index in [0.29, 0.717) is 16.0 Å². The first-order valence-corrected chi connectivity index (χ1v) is 15.0. The molecule has 0 aromatic carbocycles. The maximum absolute atomic E-state index is 12.1. The summed E-state index contributed by atoms with van der Waals surface area (Å²) < 4.78 is 0.444. The number of nitrogens with zero attached hydrogens (tertiary/aromatic N) is 1. The molecule has 0 aromatic rings. The fraction of sp³-hybridized carbons (Fsp3) is 0.900. The molecule has 2 nitrogen and oxygen atoms in total. The maximum atomic E-state index is 12.1. The van der Waals surface area contributed by atoms with E-state index in [2.05, 4.69) is 42.5 Å². The monoisotopic (exact) mass is 293 g/mol. The van der Waals surface area contributed by atoms with Gasteiger partial charge in [-0.25, -0.2) is 0 Å². The summed E-state index contributed by atoms with van der Waals surface area (Å²) in [5, 5.41) is 0. The molecule has 0 aromatic heterocycles. The first-order chi connectivity index (χ1) is 5.68. The van der Waals surface area contributed by atoms with Gasteiger partial charge < -0.3 is 0 Å². The molecular formula is C10H23NOSn. The molecule has 0 radical (unpaired) electrons. The van der Waals surface area contributed by atoms with E-state index in [0.717, 1.165) is 0 Å². The van der Waals surface area contributed by atoms with Crippen LogP contribution >= 0.6 is 0 Å². The fourth-order valence-electron chi connectivity index (χ4n) is 1.45. The Hall–Kier alpha value is 0.269. The molecule has 0 fully saturated rings. The summed E-state index contributed by atoms with van der Waals surface area (Å²) >= 11 is -2.38. The Labute approximate surface area is 86.6 Å². The van der Waals surface area contributed by atoms with Gasteiger partial charge in [0.25, 0.3) is 0 Å². The van der Waals surface area contributed by atoms with Gasteiger partial charge in [0.1, 0.15) is 0 Å². The summed E-state index contributed by atoms with van der Waals surface area (Å²) in [6, 6.07) is 0.673. The zero-order chi connectivity index (χ0) is 10.8. The van der Waals surface area contributed by atoms with Gasteiger partial charge in [0, 0.05) is 0 Å². The van der Waals surface area contributed by atoms with E-state index >= 15 is 0 Å². The zero-order valence-corrected chi connectivity index (χ0v) is 12.9. The quantitative estimate of drug-likeness (QED) is 0.732. The van der Waals surface area contributed by atoms with Gasteiger partial charge >= 0.3 is 86.6 Å². The molecule has 0 heterocycles. The Kier molecular flexibility index (Phi) is 4.76. The third-order valence-corrected chi connectivity index (χ3v) is 6.39. The topological polar surface area (TPSA) is 20.3 Å². The van der Waals surface area contributed by atoms with Crippen LogP contribution in [0.25, 0.3) is 0 Å². The minimum absolute atomic E-state index is 0.337. The van der Waals surface area contributed by atoms with Crippen LogP contribution in [0.1, 0.15) is 27.7 Å². The van der Waals surface area contributed by atoms with Gasteiger partial charge in [0.05, 0.1) is 0 Å². The van der Waals surface area contributed by atoms with E-state index in [-0.39, 0.29) is 0 Å². The fourth-order valence-corrected chi connectivity index (χ4v) is 5.14. The van der Waals surface area contributed by atoms with Crippen molar-refractivity contribution >= 4 is 22.3 Å². The number of hydrogen-bond acceptors (Lipinski definition) is 1. The molecule has 0 spiro atoms. The van der Waals surface area contributed by atoms with Crippen molar-refractivity contribution in [2.45, 2.75) is 54.6 Å². The van der Waals surface area contributed by atoms with Crippen molar-refractivity contribution < 1.29 is 4.79 Å². The van der Waals surface area contributed by atoms with Gasteiger partial charge in [0.2, 0.25) is 0 Å². The molecule has 13 heavy (non-hydrogen) atoms. The average molecular weight is 292 g/mol. The van der Waals surface area contributed by atoms with Gasteiger partial charge in [0.15, 0.2) is 0 Å². The molecular weight excluding hydrogens is 269 g/mol. The first-order valence-electron chi connectivity index (χ1n) is 5.00. The molecule has 3 heteroatoms. The van der Waals surface area contributed by atoms with Crippen molar-refractivity contribution in [1.29, 1.82) is 0 Å². The number of carbonyl (C=O) groups excluding carboxylic acids is 1. The Morgan fingerprint density at radius 2 is 1.31 bits per heavy atom. The predicted molar refractivity (Wildman–Crippen MR) is 60.9 cm³/mol. The van der Waals surface area contributed by atoms with Crippen molar-refractivity contribution in [1.82, 2.24) is 4.90 Å². The second-order valence-electron chi connectivity index (χ2n) is 5.15. The van der Waals surface area contributed by atoms with Crippen molar-refractivity contribution in [3.8, 4) is 0 Å². The summed E-state index contributed by atoms with van der Waals surface area (Å²) in [7, 11) is 0. The molecule has 0 saturated carbocycles. The average Bonchev–Trinajstić information content (AvgIpc) is 1.82. The molecule has 0 bridgehead atoms. The Balaban J connectivity index is 4.68. The molecule has 0 unspecified atom stereocenters. The summed E-state index contributed by atoms with van der Waals surface area (Å²) in [5.41, 5.74) is 0. The normalized spacial score (nSPS) is 12.4. The van der Waals surface area contributed by atoms with Crippen LogP contribution in [-0.2, 0) is 0 Å². The van der Waals surface area contributed by atoms with Crippen molar-refractivity contribution in [3.05, 3.63) is 0 Å². The summed E-state index contributed by atoms with van der Waals surface area (Å²) in [4.78, 5) is 20.6. The molecule has 0 aliphatic rings. The van der Waals surface area contributed by atoms with Crippen LogP contribution < -0.4 is 0 Å². The van der Waals surface area contributed by atoms with Crippen LogP contribution in [0.5, 0.6) is 0 Å². The molecule has 0 aliphatic heterocycles. The molecule has 1 amide bonds. The van der Waals surface area contributed by atoms with Gasteiger partial charge in [-0.3, -0.25) is 0 Å². The Bertz CT molecular complexity index is 174. The number of rotatable bonds is 3. The third-order valence-electron chi connectivity index (χ3n) is 1.99. The van der Waals surface area contributed by atoms with E-state index in [1.54, 1.807) is 0 Å². The molecule has 78 valence electrons.